The molecule has 0 atom stereocenters. The number of nitrogen functional groups attached to an aromatic ring is 1. The zero-order valence-electron chi connectivity index (χ0n) is 17.2. The second kappa shape index (κ2) is 8.18. The van der Waals surface area contributed by atoms with Crippen LogP contribution in [0.2, 0.25) is 0 Å². The smallest absolute Gasteiger partial charge is 0.255 e. The second-order valence-corrected chi connectivity index (χ2v) is 7.65. The SMILES string of the molecule is Nc1ccc(N2CCN(c3ccc(NC(=O)c4ccc5nonc5c4)cc3F)CC2)cc1. The second-order valence-electron chi connectivity index (χ2n) is 7.65. The van der Waals surface area contributed by atoms with Crippen LogP contribution in [0.25, 0.3) is 11.0 Å². The van der Waals surface area contributed by atoms with E-state index in [1.54, 1.807) is 30.3 Å². The number of rotatable bonds is 4. The molecule has 3 N–H and O–H groups in total. The first-order chi connectivity index (χ1) is 15.6. The average Bonchev–Trinajstić information content (AvgIpc) is 3.28. The monoisotopic (exact) mass is 432 g/mol. The number of hydrogen-bond acceptors (Lipinski definition) is 7. The first-order valence-corrected chi connectivity index (χ1v) is 10.3. The fourth-order valence-electron chi connectivity index (χ4n) is 3.86. The third-order valence-electron chi connectivity index (χ3n) is 5.60. The van der Waals surface area contributed by atoms with E-state index in [0.29, 0.717) is 41.1 Å². The Balaban J connectivity index is 1.24. The quantitative estimate of drug-likeness (QED) is 0.476. The lowest BCUT2D eigenvalue weighted by atomic mass is 10.1. The van der Waals surface area contributed by atoms with E-state index in [1.807, 2.05) is 29.2 Å². The van der Waals surface area contributed by atoms with Crippen LogP contribution in [-0.4, -0.2) is 42.4 Å². The maximum absolute atomic E-state index is 14.9. The summed E-state index contributed by atoms with van der Waals surface area (Å²) >= 11 is 0. The number of aromatic nitrogens is 2. The van der Waals surface area contributed by atoms with Gasteiger partial charge in [-0.1, -0.05) is 0 Å². The summed E-state index contributed by atoms with van der Waals surface area (Å²) in [7, 11) is 0. The van der Waals surface area contributed by atoms with Crippen LogP contribution in [0.1, 0.15) is 10.4 Å². The van der Waals surface area contributed by atoms with Gasteiger partial charge in [-0.2, -0.15) is 0 Å². The number of hydrogen-bond donors (Lipinski definition) is 2. The number of fused-ring (bicyclic) bond motifs is 1. The Hall–Kier alpha value is -4.14. The number of nitrogens with zero attached hydrogens (tertiary/aromatic N) is 4. The topological polar surface area (TPSA) is 101 Å². The summed E-state index contributed by atoms with van der Waals surface area (Å²) in [5.74, 6) is -0.737. The van der Waals surface area contributed by atoms with Crippen LogP contribution in [0.3, 0.4) is 0 Å². The Bertz CT molecular complexity index is 1270. The highest BCUT2D eigenvalue weighted by Gasteiger charge is 2.20. The number of anilines is 4. The molecule has 0 bridgehead atoms. The number of nitrogens with two attached hydrogens (primary N) is 1. The summed E-state index contributed by atoms with van der Waals surface area (Å²) < 4.78 is 19.5. The summed E-state index contributed by atoms with van der Waals surface area (Å²) in [6.45, 7) is 2.94. The van der Waals surface area contributed by atoms with Crippen molar-refractivity contribution in [3.8, 4) is 0 Å². The zero-order chi connectivity index (χ0) is 22.1. The average molecular weight is 432 g/mol. The van der Waals surface area contributed by atoms with Gasteiger partial charge in [0.2, 0.25) is 0 Å². The fourth-order valence-corrected chi connectivity index (χ4v) is 3.86. The van der Waals surface area contributed by atoms with Gasteiger partial charge in [-0.15, -0.1) is 0 Å². The molecule has 8 nitrogen and oxygen atoms in total. The van der Waals surface area contributed by atoms with Gasteiger partial charge in [-0.25, -0.2) is 9.02 Å². The van der Waals surface area contributed by atoms with E-state index in [-0.39, 0.29) is 11.7 Å². The molecule has 1 amide bonds. The van der Waals surface area contributed by atoms with Crippen molar-refractivity contribution in [1.29, 1.82) is 0 Å². The first kappa shape index (κ1) is 19.8. The lowest BCUT2D eigenvalue weighted by molar-refractivity contribution is 0.102. The van der Waals surface area contributed by atoms with Gasteiger partial charge in [0, 0.05) is 48.8 Å². The number of nitrogens with one attached hydrogen (secondary N) is 1. The van der Waals surface area contributed by atoms with E-state index < -0.39 is 0 Å². The molecule has 9 heteroatoms. The molecule has 0 spiro atoms. The van der Waals surface area contributed by atoms with E-state index in [1.165, 1.54) is 6.07 Å². The number of benzene rings is 3. The molecule has 0 unspecified atom stereocenters. The summed E-state index contributed by atoms with van der Waals surface area (Å²) in [6.07, 6.45) is 0. The van der Waals surface area contributed by atoms with Crippen molar-refractivity contribution in [3.05, 3.63) is 72.0 Å². The van der Waals surface area contributed by atoms with E-state index in [9.17, 15) is 9.18 Å². The Kier molecular flexibility index (Phi) is 5.06. The maximum atomic E-state index is 14.9. The predicted molar refractivity (Wildman–Crippen MR) is 121 cm³/mol. The van der Waals surface area contributed by atoms with E-state index >= 15 is 0 Å². The third kappa shape index (κ3) is 3.92. The lowest BCUT2D eigenvalue weighted by Gasteiger charge is -2.37. The zero-order valence-corrected chi connectivity index (χ0v) is 17.2. The Morgan fingerprint density at radius 2 is 1.62 bits per heavy atom. The van der Waals surface area contributed by atoms with Gasteiger partial charge in [0.1, 0.15) is 16.9 Å². The lowest BCUT2D eigenvalue weighted by Crippen LogP contribution is -2.46. The van der Waals surface area contributed by atoms with Crippen molar-refractivity contribution in [3.63, 3.8) is 0 Å². The highest BCUT2D eigenvalue weighted by molar-refractivity contribution is 6.05. The molecule has 1 aliphatic rings. The number of piperazine rings is 1. The highest BCUT2D eigenvalue weighted by atomic mass is 19.1. The first-order valence-electron chi connectivity index (χ1n) is 10.3. The predicted octanol–water partition coefficient (Wildman–Crippen LogP) is 3.52. The van der Waals surface area contributed by atoms with Crippen LogP contribution in [0.4, 0.5) is 27.1 Å². The molecule has 1 saturated heterocycles. The van der Waals surface area contributed by atoms with Crippen LogP contribution >= 0.6 is 0 Å². The molecule has 32 heavy (non-hydrogen) atoms. The van der Waals surface area contributed by atoms with Gasteiger partial charge in [-0.05, 0) is 71.0 Å². The van der Waals surface area contributed by atoms with Crippen molar-refractivity contribution < 1.29 is 13.8 Å². The largest absolute Gasteiger partial charge is 0.399 e. The Morgan fingerprint density at radius 3 is 2.38 bits per heavy atom. The van der Waals surface area contributed by atoms with Crippen molar-refractivity contribution in [1.82, 2.24) is 10.3 Å². The van der Waals surface area contributed by atoms with Crippen molar-refractivity contribution >= 4 is 39.7 Å². The molecule has 162 valence electrons. The van der Waals surface area contributed by atoms with E-state index in [2.05, 4.69) is 25.2 Å². The molecule has 0 saturated carbocycles. The highest BCUT2D eigenvalue weighted by Crippen LogP contribution is 2.26. The van der Waals surface area contributed by atoms with Crippen LogP contribution in [0.5, 0.6) is 0 Å². The minimum Gasteiger partial charge on any atom is -0.399 e. The summed E-state index contributed by atoms with van der Waals surface area (Å²) in [4.78, 5) is 16.8. The summed E-state index contributed by atoms with van der Waals surface area (Å²) in [6, 6.07) is 17.4. The van der Waals surface area contributed by atoms with E-state index in [0.717, 1.165) is 24.5 Å². The summed E-state index contributed by atoms with van der Waals surface area (Å²) in [5, 5.41) is 10.2. The molecule has 0 radical (unpaired) electrons. The molecule has 4 aromatic rings. The third-order valence-corrected chi connectivity index (χ3v) is 5.60. The number of amides is 1. The summed E-state index contributed by atoms with van der Waals surface area (Å²) in [5.41, 5.74) is 9.94. The van der Waals surface area contributed by atoms with Crippen LogP contribution in [0.15, 0.2) is 65.3 Å². The van der Waals surface area contributed by atoms with Crippen molar-refractivity contribution in [2.45, 2.75) is 0 Å². The van der Waals surface area contributed by atoms with Crippen molar-refractivity contribution in [2.75, 3.05) is 47.0 Å². The number of halogens is 1. The molecule has 2 heterocycles. The fraction of sp³-hybridized carbons (Fsp3) is 0.174. The number of carbonyl (C=O) groups excluding carboxylic acids is 1. The minimum absolute atomic E-state index is 0.362. The molecular formula is C23H21FN6O2. The Labute approximate surface area is 183 Å². The minimum atomic E-state index is -0.375. The van der Waals surface area contributed by atoms with Gasteiger partial charge >= 0.3 is 0 Å². The van der Waals surface area contributed by atoms with Gasteiger partial charge in [0.25, 0.3) is 5.91 Å². The Morgan fingerprint density at radius 1 is 0.906 bits per heavy atom. The molecule has 1 aromatic heterocycles. The standard InChI is InChI=1S/C23H21FN6O2/c24-19-14-17(26-23(31)15-1-7-20-21(13-15)28-32-27-20)4-8-22(19)30-11-9-29(10-12-30)18-5-2-16(25)3-6-18/h1-8,13-14H,9-12,25H2,(H,26,31). The van der Waals surface area contributed by atoms with E-state index in [4.69, 9.17) is 5.73 Å². The molecule has 5 rings (SSSR count). The van der Waals surface area contributed by atoms with Gasteiger partial charge in [0.05, 0.1) is 5.69 Å². The van der Waals surface area contributed by atoms with Crippen LogP contribution in [-0.2, 0) is 0 Å². The maximum Gasteiger partial charge on any atom is 0.255 e. The molecule has 1 aliphatic heterocycles. The van der Waals surface area contributed by atoms with Crippen LogP contribution in [0, 0.1) is 5.82 Å². The van der Waals surface area contributed by atoms with Crippen molar-refractivity contribution in [2.24, 2.45) is 0 Å². The van der Waals surface area contributed by atoms with Crippen LogP contribution < -0.4 is 20.9 Å². The molecule has 1 fully saturated rings. The number of carbonyl (C=O) groups is 1. The normalized spacial score (nSPS) is 14.0. The molecule has 3 aromatic carbocycles. The molecular weight excluding hydrogens is 411 g/mol. The van der Waals surface area contributed by atoms with Gasteiger partial charge in [-0.3, -0.25) is 4.79 Å². The van der Waals surface area contributed by atoms with Gasteiger partial charge in [0.15, 0.2) is 0 Å². The molecule has 0 aliphatic carbocycles. The van der Waals surface area contributed by atoms with Gasteiger partial charge < -0.3 is 20.9 Å².